The molecule has 144 valence electrons. The molecule has 4 rings (SSSR count). The Morgan fingerprint density at radius 1 is 1.14 bits per heavy atom. The van der Waals surface area contributed by atoms with Gasteiger partial charge in [0, 0.05) is 44.3 Å². The molecule has 1 atom stereocenters. The maximum atomic E-state index is 12.7. The third-order valence-electron chi connectivity index (χ3n) is 5.57. The quantitative estimate of drug-likeness (QED) is 0.702. The van der Waals surface area contributed by atoms with Crippen LogP contribution in [0.25, 0.3) is 11.4 Å². The van der Waals surface area contributed by atoms with Crippen LogP contribution in [-0.4, -0.2) is 43.4 Å². The highest BCUT2D eigenvalue weighted by Gasteiger charge is 2.24. The van der Waals surface area contributed by atoms with E-state index in [1.807, 2.05) is 35.8 Å². The minimum atomic E-state index is 0.104. The van der Waals surface area contributed by atoms with Gasteiger partial charge >= 0.3 is 0 Å². The highest BCUT2D eigenvalue weighted by molar-refractivity contribution is 5.94. The SMILES string of the molecule is Cc1ncc(-c2ccc(C[C@H]3CCCN(C(=O)c4ccncc4)C3)cn2)n1C. The Balaban J connectivity index is 1.41. The molecule has 0 radical (unpaired) electrons. The number of hydrogen-bond acceptors (Lipinski definition) is 4. The van der Waals surface area contributed by atoms with Crippen LogP contribution in [0.3, 0.4) is 0 Å². The summed E-state index contributed by atoms with van der Waals surface area (Å²) < 4.78 is 2.05. The minimum Gasteiger partial charge on any atom is -0.338 e. The Labute approximate surface area is 165 Å². The zero-order chi connectivity index (χ0) is 19.5. The number of aromatic nitrogens is 4. The lowest BCUT2D eigenvalue weighted by atomic mass is 9.91. The van der Waals surface area contributed by atoms with Crippen LogP contribution in [0.2, 0.25) is 0 Å². The molecule has 0 spiro atoms. The smallest absolute Gasteiger partial charge is 0.253 e. The molecule has 3 aromatic rings. The first-order valence-electron chi connectivity index (χ1n) is 9.74. The lowest BCUT2D eigenvalue weighted by Gasteiger charge is -2.33. The van der Waals surface area contributed by atoms with Crippen LogP contribution in [0.4, 0.5) is 0 Å². The van der Waals surface area contributed by atoms with E-state index in [0.717, 1.165) is 49.6 Å². The topological polar surface area (TPSA) is 63.9 Å². The van der Waals surface area contributed by atoms with E-state index in [-0.39, 0.29) is 5.91 Å². The predicted octanol–water partition coefficient (Wildman–Crippen LogP) is 3.28. The van der Waals surface area contributed by atoms with E-state index in [0.29, 0.717) is 11.5 Å². The van der Waals surface area contributed by atoms with Gasteiger partial charge in [0.15, 0.2) is 0 Å². The highest BCUT2D eigenvalue weighted by atomic mass is 16.2. The van der Waals surface area contributed by atoms with Crippen LogP contribution in [0.15, 0.2) is 49.1 Å². The van der Waals surface area contributed by atoms with Gasteiger partial charge in [0.05, 0.1) is 17.6 Å². The summed E-state index contributed by atoms with van der Waals surface area (Å²) >= 11 is 0. The standard InChI is InChI=1S/C22H25N5O/c1-16-24-14-21(26(16)2)20-6-5-17(13-25-20)12-18-4-3-11-27(15-18)22(28)19-7-9-23-10-8-19/h5-10,13-14,18H,3-4,11-12,15H2,1-2H3/t18-/m1/s1. The molecule has 0 saturated carbocycles. The molecule has 1 aliphatic rings. The molecule has 0 N–H and O–H groups in total. The summed E-state index contributed by atoms with van der Waals surface area (Å²) in [4.78, 5) is 27.7. The van der Waals surface area contributed by atoms with E-state index < -0.39 is 0 Å². The number of aryl methyl sites for hydroxylation is 1. The fourth-order valence-electron chi connectivity index (χ4n) is 3.86. The number of pyridine rings is 2. The molecule has 6 heteroatoms. The molecule has 1 fully saturated rings. The minimum absolute atomic E-state index is 0.104. The monoisotopic (exact) mass is 375 g/mol. The van der Waals surface area contributed by atoms with Crippen molar-refractivity contribution in [1.82, 2.24) is 24.4 Å². The molecule has 1 aliphatic heterocycles. The number of likely N-dealkylation sites (tertiary alicyclic amines) is 1. The second-order valence-electron chi connectivity index (χ2n) is 7.50. The summed E-state index contributed by atoms with van der Waals surface area (Å²) in [6.07, 6.45) is 10.3. The summed E-state index contributed by atoms with van der Waals surface area (Å²) in [5.41, 5.74) is 3.89. The van der Waals surface area contributed by atoms with Gasteiger partial charge in [-0.2, -0.15) is 0 Å². The lowest BCUT2D eigenvalue weighted by Crippen LogP contribution is -2.40. The molecule has 0 bridgehead atoms. The van der Waals surface area contributed by atoms with Crippen molar-refractivity contribution in [2.45, 2.75) is 26.2 Å². The normalized spacial score (nSPS) is 16.9. The molecule has 0 aliphatic carbocycles. The van der Waals surface area contributed by atoms with Crippen LogP contribution < -0.4 is 0 Å². The second kappa shape index (κ2) is 7.92. The highest BCUT2D eigenvalue weighted by Crippen LogP contribution is 2.23. The van der Waals surface area contributed by atoms with Gasteiger partial charge in [0.2, 0.25) is 0 Å². The average molecular weight is 375 g/mol. The maximum absolute atomic E-state index is 12.7. The third-order valence-corrected chi connectivity index (χ3v) is 5.57. The first-order valence-corrected chi connectivity index (χ1v) is 9.74. The molecule has 6 nitrogen and oxygen atoms in total. The molecule has 1 amide bonds. The summed E-state index contributed by atoms with van der Waals surface area (Å²) in [5.74, 6) is 1.54. The Hall–Kier alpha value is -3.02. The van der Waals surface area contributed by atoms with Crippen molar-refractivity contribution in [1.29, 1.82) is 0 Å². The number of rotatable bonds is 4. The molecule has 0 aromatic carbocycles. The molecule has 3 aromatic heterocycles. The zero-order valence-electron chi connectivity index (χ0n) is 16.4. The zero-order valence-corrected chi connectivity index (χ0v) is 16.4. The summed E-state index contributed by atoms with van der Waals surface area (Å²) in [6.45, 7) is 3.61. The van der Waals surface area contributed by atoms with Crippen molar-refractivity contribution in [3.63, 3.8) is 0 Å². The van der Waals surface area contributed by atoms with Crippen molar-refractivity contribution >= 4 is 5.91 Å². The number of carbonyl (C=O) groups excluding carboxylic acids is 1. The van der Waals surface area contributed by atoms with Crippen molar-refractivity contribution in [3.05, 3.63) is 66.0 Å². The average Bonchev–Trinajstić information content (AvgIpc) is 3.07. The number of amides is 1. The van der Waals surface area contributed by atoms with Crippen LogP contribution in [-0.2, 0) is 13.5 Å². The number of nitrogens with zero attached hydrogens (tertiary/aromatic N) is 5. The molecule has 4 heterocycles. The van der Waals surface area contributed by atoms with E-state index >= 15 is 0 Å². The molecule has 1 saturated heterocycles. The van der Waals surface area contributed by atoms with Gasteiger partial charge in [-0.15, -0.1) is 0 Å². The predicted molar refractivity (Wildman–Crippen MR) is 108 cm³/mol. The van der Waals surface area contributed by atoms with E-state index in [9.17, 15) is 4.79 Å². The van der Waals surface area contributed by atoms with Gasteiger partial charge in [-0.3, -0.25) is 14.8 Å². The Morgan fingerprint density at radius 3 is 2.64 bits per heavy atom. The Bertz CT molecular complexity index is 949. The largest absolute Gasteiger partial charge is 0.338 e. The van der Waals surface area contributed by atoms with Gasteiger partial charge in [-0.1, -0.05) is 6.07 Å². The van der Waals surface area contributed by atoms with Crippen LogP contribution in [0.1, 0.15) is 34.6 Å². The first-order chi connectivity index (χ1) is 13.6. The van der Waals surface area contributed by atoms with Gasteiger partial charge in [-0.05, 0) is 55.9 Å². The summed E-state index contributed by atoms with van der Waals surface area (Å²) in [5, 5.41) is 0. The second-order valence-corrected chi connectivity index (χ2v) is 7.50. The number of carbonyl (C=O) groups is 1. The Morgan fingerprint density at radius 2 is 1.96 bits per heavy atom. The van der Waals surface area contributed by atoms with E-state index in [4.69, 9.17) is 0 Å². The van der Waals surface area contributed by atoms with Crippen LogP contribution in [0, 0.1) is 12.8 Å². The van der Waals surface area contributed by atoms with Crippen LogP contribution >= 0.6 is 0 Å². The molecule has 0 unspecified atom stereocenters. The Kier molecular flexibility index (Phi) is 5.19. The molecule has 28 heavy (non-hydrogen) atoms. The van der Waals surface area contributed by atoms with Gasteiger partial charge in [0.25, 0.3) is 5.91 Å². The number of piperidine rings is 1. The maximum Gasteiger partial charge on any atom is 0.253 e. The summed E-state index contributed by atoms with van der Waals surface area (Å²) in [6, 6.07) is 7.78. The molecular formula is C22H25N5O. The van der Waals surface area contributed by atoms with Gasteiger partial charge in [0.1, 0.15) is 5.82 Å². The van der Waals surface area contributed by atoms with Crippen molar-refractivity contribution in [2.24, 2.45) is 13.0 Å². The van der Waals surface area contributed by atoms with E-state index in [1.54, 1.807) is 24.5 Å². The van der Waals surface area contributed by atoms with Gasteiger partial charge in [-0.25, -0.2) is 4.98 Å². The number of imidazole rings is 1. The van der Waals surface area contributed by atoms with Crippen molar-refractivity contribution in [2.75, 3.05) is 13.1 Å². The van der Waals surface area contributed by atoms with Crippen LogP contribution in [0.5, 0.6) is 0 Å². The lowest BCUT2D eigenvalue weighted by molar-refractivity contribution is 0.0673. The van der Waals surface area contributed by atoms with Gasteiger partial charge < -0.3 is 9.47 Å². The third kappa shape index (κ3) is 3.81. The van der Waals surface area contributed by atoms with E-state index in [2.05, 4.69) is 27.1 Å². The van der Waals surface area contributed by atoms with Crippen molar-refractivity contribution < 1.29 is 4.79 Å². The fraction of sp³-hybridized carbons (Fsp3) is 0.364. The summed E-state index contributed by atoms with van der Waals surface area (Å²) in [7, 11) is 2.00. The first kappa shape index (κ1) is 18.3. The van der Waals surface area contributed by atoms with Crippen molar-refractivity contribution in [3.8, 4) is 11.4 Å². The van der Waals surface area contributed by atoms with E-state index in [1.165, 1.54) is 5.56 Å². The fourth-order valence-corrected chi connectivity index (χ4v) is 3.86. The molecular weight excluding hydrogens is 350 g/mol. The number of hydrogen-bond donors (Lipinski definition) is 0.